The van der Waals surface area contributed by atoms with Gasteiger partial charge in [0.25, 0.3) is 0 Å². The number of ether oxygens (including phenoxy) is 2. The highest BCUT2D eigenvalue weighted by atomic mass is 16.5. The van der Waals surface area contributed by atoms with Gasteiger partial charge in [-0.15, -0.1) is 0 Å². The Kier molecular flexibility index (Phi) is 6.69. The zero-order valence-corrected chi connectivity index (χ0v) is 15.3. The first-order chi connectivity index (χ1) is 12.0. The average molecular weight is 342 g/mol. The van der Waals surface area contributed by atoms with E-state index in [1.165, 1.54) is 0 Å². The lowest BCUT2D eigenvalue weighted by Crippen LogP contribution is -2.36. The number of rotatable bonds is 7. The highest BCUT2D eigenvalue weighted by Crippen LogP contribution is 2.26. The Morgan fingerprint density at radius 1 is 1.16 bits per heavy atom. The summed E-state index contributed by atoms with van der Waals surface area (Å²) < 4.78 is 10.8. The Labute approximate surface area is 149 Å². The third kappa shape index (κ3) is 5.41. The van der Waals surface area contributed by atoms with Crippen molar-refractivity contribution in [2.45, 2.75) is 33.4 Å². The number of aryl methyl sites for hydroxylation is 1. The van der Waals surface area contributed by atoms with Crippen molar-refractivity contribution in [3.63, 3.8) is 0 Å². The first kappa shape index (κ1) is 18.6. The van der Waals surface area contributed by atoms with Crippen molar-refractivity contribution in [3.05, 3.63) is 59.2 Å². The quantitative estimate of drug-likeness (QED) is 0.800. The van der Waals surface area contributed by atoms with E-state index in [-0.39, 0.29) is 12.1 Å². The molecule has 0 aliphatic heterocycles. The van der Waals surface area contributed by atoms with Gasteiger partial charge in [-0.3, -0.25) is 0 Å². The highest BCUT2D eigenvalue weighted by molar-refractivity contribution is 5.74. The first-order valence-electron chi connectivity index (χ1n) is 8.44. The second kappa shape index (κ2) is 8.97. The first-order valence-corrected chi connectivity index (χ1v) is 8.44. The van der Waals surface area contributed by atoms with Gasteiger partial charge in [0, 0.05) is 12.1 Å². The fourth-order valence-corrected chi connectivity index (χ4v) is 2.54. The van der Waals surface area contributed by atoms with Gasteiger partial charge in [0.2, 0.25) is 0 Å². The second-order valence-corrected chi connectivity index (χ2v) is 5.87. The molecule has 0 saturated heterocycles. The molecule has 0 heterocycles. The largest absolute Gasteiger partial charge is 0.497 e. The molecule has 0 aromatic heterocycles. The molecule has 25 heavy (non-hydrogen) atoms. The lowest BCUT2D eigenvalue weighted by Gasteiger charge is -2.19. The van der Waals surface area contributed by atoms with Gasteiger partial charge in [-0.05, 0) is 44.5 Å². The Balaban J connectivity index is 1.94. The normalized spacial score (nSPS) is 11.5. The molecule has 5 nitrogen and oxygen atoms in total. The van der Waals surface area contributed by atoms with Crippen LogP contribution in [-0.4, -0.2) is 19.7 Å². The van der Waals surface area contributed by atoms with Crippen molar-refractivity contribution < 1.29 is 14.3 Å². The fraction of sp³-hybridized carbons (Fsp3) is 0.350. The van der Waals surface area contributed by atoms with Crippen LogP contribution in [0.15, 0.2) is 42.5 Å². The minimum atomic E-state index is -0.215. The van der Waals surface area contributed by atoms with E-state index in [0.29, 0.717) is 13.2 Å². The monoisotopic (exact) mass is 342 g/mol. The number of methoxy groups -OCH3 is 1. The molecule has 134 valence electrons. The van der Waals surface area contributed by atoms with Crippen LogP contribution in [0.5, 0.6) is 11.5 Å². The van der Waals surface area contributed by atoms with Gasteiger partial charge >= 0.3 is 6.03 Å². The number of carbonyl (C=O) groups is 1. The number of carbonyl (C=O) groups excluding carboxylic acids is 1. The Hall–Kier alpha value is -2.69. The molecule has 2 amide bonds. The summed E-state index contributed by atoms with van der Waals surface area (Å²) in [4.78, 5) is 12.2. The van der Waals surface area contributed by atoms with Crippen molar-refractivity contribution in [2.24, 2.45) is 0 Å². The number of amides is 2. The summed E-state index contributed by atoms with van der Waals surface area (Å²) in [5, 5.41) is 5.83. The molecule has 0 radical (unpaired) electrons. The second-order valence-electron chi connectivity index (χ2n) is 5.87. The molecule has 2 N–H and O–H groups in total. The molecule has 1 unspecified atom stereocenters. The van der Waals surface area contributed by atoms with Crippen LogP contribution in [0.2, 0.25) is 0 Å². The van der Waals surface area contributed by atoms with Crippen molar-refractivity contribution >= 4 is 6.03 Å². The smallest absolute Gasteiger partial charge is 0.315 e. The summed E-state index contributed by atoms with van der Waals surface area (Å²) in [6.07, 6.45) is 0. The van der Waals surface area contributed by atoms with Crippen LogP contribution >= 0.6 is 0 Å². The van der Waals surface area contributed by atoms with Crippen LogP contribution in [-0.2, 0) is 6.54 Å². The van der Waals surface area contributed by atoms with Crippen LogP contribution in [0.1, 0.15) is 36.6 Å². The van der Waals surface area contributed by atoms with Crippen LogP contribution in [0.25, 0.3) is 0 Å². The maximum Gasteiger partial charge on any atom is 0.315 e. The minimum Gasteiger partial charge on any atom is -0.497 e. The number of benzene rings is 2. The van der Waals surface area contributed by atoms with Gasteiger partial charge in [-0.25, -0.2) is 4.79 Å². The van der Waals surface area contributed by atoms with Gasteiger partial charge in [-0.2, -0.15) is 0 Å². The number of urea groups is 1. The van der Waals surface area contributed by atoms with Crippen molar-refractivity contribution in [1.29, 1.82) is 0 Å². The molecule has 0 fully saturated rings. The summed E-state index contributed by atoms with van der Waals surface area (Å²) in [6.45, 7) is 6.96. The Bertz CT molecular complexity index is 699. The van der Waals surface area contributed by atoms with Gasteiger partial charge in [-0.1, -0.05) is 29.8 Å². The molecular weight excluding hydrogens is 316 g/mol. The van der Waals surface area contributed by atoms with Gasteiger partial charge in [0.15, 0.2) is 0 Å². The van der Waals surface area contributed by atoms with Gasteiger partial charge < -0.3 is 20.1 Å². The third-order valence-corrected chi connectivity index (χ3v) is 3.89. The summed E-state index contributed by atoms with van der Waals surface area (Å²) in [6, 6.07) is 13.2. The third-order valence-electron chi connectivity index (χ3n) is 3.89. The predicted octanol–water partition coefficient (Wildman–Crippen LogP) is 3.96. The van der Waals surface area contributed by atoms with Gasteiger partial charge in [0.05, 0.1) is 19.8 Å². The molecule has 0 aliphatic carbocycles. The molecule has 2 aromatic rings. The number of nitrogens with one attached hydrogen (secondary N) is 2. The van der Waals surface area contributed by atoms with Gasteiger partial charge in [0.1, 0.15) is 11.5 Å². The highest BCUT2D eigenvalue weighted by Gasteiger charge is 2.14. The summed E-state index contributed by atoms with van der Waals surface area (Å²) in [7, 11) is 1.63. The topological polar surface area (TPSA) is 59.6 Å². The minimum absolute atomic E-state index is 0.155. The Morgan fingerprint density at radius 3 is 2.52 bits per heavy atom. The lowest BCUT2D eigenvalue weighted by molar-refractivity contribution is 0.237. The molecule has 0 saturated carbocycles. The van der Waals surface area contributed by atoms with Crippen molar-refractivity contribution in [3.8, 4) is 11.5 Å². The fourth-order valence-electron chi connectivity index (χ4n) is 2.54. The molecule has 1 atom stereocenters. The average Bonchev–Trinajstić information content (AvgIpc) is 2.62. The zero-order valence-electron chi connectivity index (χ0n) is 15.3. The molecule has 5 heteroatoms. The molecule has 0 aliphatic rings. The van der Waals surface area contributed by atoms with Crippen LogP contribution in [0.3, 0.4) is 0 Å². The Morgan fingerprint density at radius 2 is 1.88 bits per heavy atom. The summed E-state index contributed by atoms with van der Waals surface area (Å²) in [5.74, 6) is 1.60. The maximum atomic E-state index is 12.2. The zero-order chi connectivity index (χ0) is 18.2. The van der Waals surface area contributed by atoms with E-state index < -0.39 is 0 Å². The van der Waals surface area contributed by atoms with Crippen LogP contribution in [0, 0.1) is 6.92 Å². The summed E-state index contributed by atoms with van der Waals surface area (Å²) in [5.41, 5.74) is 3.11. The molecule has 0 spiro atoms. The molecule has 2 aromatic carbocycles. The van der Waals surface area contributed by atoms with E-state index in [9.17, 15) is 4.79 Å². The molecular formula is C20H26N2O3. The van der Waals surface area contributed by atoms with Crippen molar-refractivity contribution in [2.75, 3.05) is 13.7 Å². The van der Waals surface area contributed by atoms with Crippen molar-refractivity contribution in [1.82, 2.24) is 10.6 Å². The SMILES string of the molecule is CCOc1ccc(C)cc1C(C)NC(=O)NCc1ccc(OC)cc1. The number of hydrogen-bond acceptors (Lipinski definition) is 3. The number of hydrogen-bond donors (Lipinski definition) is 2. The van der Waals surface area contributed by atoms with E-state index in [0.717, 1.165) is 28.2 Å². The van der Waals surface area contributed by atoms with E-state index in [1.807, 2.05) is 63.2 Å². The van der Waals surface area contributed by atoms with E-state index in [2.05, 4.69) is 10.6 Å². The predicted molar refractivity (Wildman–Crippen MR) is 99.1 cm³/mol. The van der Waals surface area contributed by atoms with E-state index >= 15 is 0 Å². The summed E-state index contributed by atoms with van der Waals surface area (Å²) >= 11 is 0. The van der Waals surface area contributed by atoms with Crippen LogP contribution in [0.4, 0.5) is 4.79 Å². The lowest BCUT2D eigenvalue weighted by atomic mass is 10.0. The molecule has 0 bridgehead atoms. The van der Waals surface area contributed by atoms with E-state index in [4.69, 9.17) is 9.47 Å². The maximum absolute atomic E-state index is 12.2. The standard InChI is InChI=1S/C20H26N2O3/c1-5-25-19-11-6-14(2)12-18(19)15(3)22-20(23)21-13-16-7-9-17(24-4)10-8-16/h6-12,15H,5,13H2,1-4H3,(H2,21,22,23). The van der Waals surface area contributed by atoms with E-state index in [1.54, 1.807) is 7.11 Å². The molecule has 2 rings (SSSR count). The van der Waals surface area contributed by atoms with Crippen LogP contribution < -0.4 is 20.1 Å².